The molecule has 2 aromatic rings. The van der Waals surface area contributed by atoms with E-state index in [1.807, 2.05) is 37.3 Å². The van der Waals surface area contributed by atoms with E-state index in [1.54, 1.807) is 6.20 Å². The summed E-state index contributed by atoms with van der Waals surface area (Å²) in [4.78, 5) is 4.20. The van der Waals surface area contributed by atoms with E-state index in [9.17, 15) is 0 Å². The van der Waals surface area contributed by atoms with Gasteiger partial charge in [0.15, 0.2) is 0 Å². The Balaban J connectivity index is 2.15. The molecule has 0 aliphatic rings. The number of halogens is 1. The second-order valence-corrected chi connectivity index (χ2v) is 5.11. The maximum Gasteiger partial charge on any atom is 0.146 e. The quantitative estimate of drug-likeness (QED) is 0.880. The molecule has 2 rings (SSSR count). The smallest absolute Gasteiger partial charge is 0.146 e. The van der Waals surface area contributed by atoms with Crippen LogP contribution in [0.3, 0.4) is 0 Å². The summed E-state index contributed by atoms with van der Waals surface area (Å²) >= 11 is 6.28. The molecule has 106 valence electrons. The van der Waals surface area contributed by atoms with Crippen LogP contribution in [0.1, 0.15) is 31.1 Å². The third-order valence-corrected chi connectivity index (χ3v) is 3.37. The van der Waals surface area contributed by atoms with Gasteiger partial charge in [-0.1, -0.05) is 24.6 Å². The van der Waals surface area contributed by atoms with E-state index in [0.29, 0.717) is 16.5 Å². The van der Waals surface area contributed by atoms with Crippen LogP contribution in [0.15, 0.2) is 36.5 Å². The highest BCUT2D eigenvalue weighted by Crippen LogP contribution is 2.31. The number of hydrogen-bond acceptors (Lipinski definition) is 3. The molecule has 0 saturated carbocycles. The van der Waals surface area contributed by atoms with Crippen LogP contribution in [0.2, 0.25) is 5.02 Å². The predicted molar refractivity (Wildman–Crippen MR) is 82.6 cm³/mol. The van der Waals surface area contributed by atoms with Crippen molar-refractivity contribution in [1.82, 2.24) is 10.3 Å². The molecule has 0 saturated heterocycles. The number of rotatable bonds is 5. The predicted octanol–water partition coefficient (Wildman–Crippen LogP) is 4.51. The highest BCUT2D eigenvalue weighted by atomic mass is 35.5. The van der Waals surface area contributed by atoms with Gasteiger partial charge in [0.1, 0.15) is 11.5 Å². The van der Waals surface area contributed by atoms with Gasteiger partial charge < -0.3 is 10.1 Å². The van der Waals surface area contributed by atoms with Gasteiger partial charge in [-0.3, -0.25) is 4.98 Å². The minimum absolute atomic E-state index is 0.271. The third kappa shape index (κ3) is 3.71. The Morgan fingerprint density at radius 2 is 2.10 bits per heavy atom. The Kier molecular flexibility index (Phi) is 4.99. The maximum absolute atomic E-state index is 6.28. The molecule has 0 amide bonds. The van der Waals surface area contributed by atoms with Gasteiger partial charge in [0.05, 0.1) is 11.2 Å². The van der Waals surface area contributed by atoms with Crippen molar-refractivity contribution >= 4 is 11.6 Å². The molecule has 0 fully saturated rings. The summed E-state index contributed by atoms with van der Waals surface area (Å²) in [6.45, 7) is 7.05. The Bertz CT molecular complexity index is 569. The van der Waals surface area contributed by atoms with Crippen molar-refractivity contribution in [2.45, 2.75) is 26.8 Å². The second-order valence-electron chi connectivity index (χ2n) is 4.71. The van der Waals surface area contributed by atoms with Crippen LogP contribution in [0, 0.1) is 6.92 Å². The fourth-order valence-electron chi connectivity index (χ4n) is 1.93. The molecular weight excluding hydrogens is 272 g/mol. The number of nitrogens with one attached hydrogen (secondary N) is 1. The highest BCUT2D eigenvalue weighted by molar-refractivity contribution is 6.32. The van der Waals surface area contributed by atoms with Crippen LogP contribution in [-0.4, -0.2) is 11.5 Å². The van der Waals surface area contributed by atoms with Crippen molar-refractivity contribution in [2.75, 3.05) is 6.54 Å². The first-order valence-electron chi connectivity index (χ1n) is 6.73. The summed E-state index contributed by atoms with van der Waals surface area (Å²) in [7, 11) is 0. The molecule has 1 aromatic carbocycles. The molecule has 1 atom stereocenters. The van der Waals surface area contributed by atoms with Gasteiger partial charge in [-0.25, -0.2) is 0 Å². The van der Waals surface area contributed by atoms with E-state index >= 15 is 0 Å². The summed E-state index contributed by atoms with van der Waals surface area (Å²) in [5.74, 6) is 1.33. The lowest BCUT2D eigenvalue weighted by atomic mass is 10.1. The van der Waals surface area contributed by atoms with E-state index in [2.05, 4.69) is 24.1 Å². The lowest BCUT2D eigenvalue weighted by molar-refractivity contribution is 0.479. The molecular formula is C16H19ClN2O. The average Bonchev–Trinajstić information content (AvgIpc) is 2.43. The van der Waals surface area contributed by atoms with E-state index < -0.39 is 0 Å². The minimum atomic E-state index is 0.271. The molecule has 0 aliphatic heterocycles. The molecule has 1 N–H and O–H groups in total. The standard InChI is InChI=1S/C16H19ClN2O/c1-4-18-12(3)13-6-8-16(15(17)9-13)20-14-7-5-11(2)19-10-14/h5-10,12,18H,4H2,1-3H3. The van der Waals surface area contributed by atoms with Crippen LogP contribution >= 0.6 is 11.6 Å². The van der Waals surface area contributed by atoms with Crippen molar-refractivity contribution in [1.29, 1.82) is 0 Å². The topological polar surface area (TPSA) is 34.1 Å². The summed E-state index contributed by atoms with van der Waals surface area (Å²) in [6, 6.07) is 9.92. The van der Waals surface area contributed by atoms with Gasteiger partial charge in [-0.15, -0.1) is 0 Å². The summed E-state index contributed by atoms with van der Waals surface area (Å²) in [5.41, 5.74) is 2.10. The van der Waals surface area contributed by atoms with Gasteiger partial charge in [0.2, 0.25) is 0 Å². The van der Waals surface area contributed by atoms with Crippen LogP contribution in [0.5, 0.6) is 11.5 Å². The molecule has 1 heterocycles. The maximum atomic E-state index is 6.28. The van der Waals surface area contributed by atoms with Crippen LogP contribution in [0.4, 0.5) is 0 Å². The van der Waals surface area contributed by atoms with Crippen molar-refractivity contribution in [2.24, 2.45) is 0 Å². The number of benzene rings is 1. The molecule has 1 unspecified atom stereocenters. The van der Waals surface area contributed by atoms with Crippen LogP contribution < -0.4 is 10.1 Å². The first-order valence-corrected chi connectivity index (χ1v) is 7.11. The van der Waals surface area contributed by atoms with Crippen molar-refractivity contribution in [3.05, 3.63) is 52.8 Å². The monoisotopic (exact) mass is 290 g/mol. The zero-order chi connectivity index (χ0) is 14.5. The number of hydrogen-bond donors (Lipinski definition) is 1. The fourth-order valence-corrected chi connectivity index (χ4v) is 2.16. The molecule has 4 heteroatoms. The Morgan fingerprint density at radius 3 is 2.70 bits per heavy atom. The van der Waals surface area contributed by atoms with E-state index in [1.165, 1.54) is 0 Å². The average molecular weight is 291 g/mol. The first-order chi connectivity index (χ1) is 9.60. The molecule has 1 aromatic heterocycles. The summed E-state index contributed by atoms with van der Waals surface area (Å²) < 4.78 is 5.74. The third-order valence-electron chi connectivity index (χ3n) is 3.08. The Hall–Kier alpha value is -1.58. The number of pyridine rings is 1. The molecule has 0 radical (unpaired) electrons. The molecule has 0 aliphatic carbocycles. The lowest BCUT2D eigenvalue weighted by Gasteiger charge is -2.14. The number of nitrogens with zero attached hydrogens (tertiary/aromatic N) is 1. The van der Waals surface area contributed by atoms with Gasteiger partial charge in [-0.05, 0) is 50.2 Å². The number of ether oxygens (including phenoxy) is 1. The summed E-state index contributed by atoms with van der Waals surface area (Å²) in [5, 5.41) is 3.96. The molecule has 3 nitrogen and oxygen atoms in total. The van der Waals surface area contributed by atoms with Crippen molar-refractivity contribution < 1.29 is 4.74 Å². The largest absolute Gasteiger partial charge is 0.454 e. The second kappa shape index (κ2) is 6.73. The molecule has 0 bridgehead atoms. The first kappa shape index (κ1) is 14.8. The number of aromatic nitrogens is 1. The van der Waals surface area contributed by atoms with Crippen molar-refractivity contribution in [3.8, 4) is 11.5 Å². The van der Waals surface area contributed by atoms with Crippen LogP contribution in [0.25, 0.3) is 0 Å². The SMILES string of the molecule is CCNC(C)c1ccc(Oc2ccc(C)nc2)c(Cl)c1. The Labute approximate surface area is 124 Å². The van der Waals surface area contributed by atoms with E-state index in [0.717, 1.165) is 17.8 Å². The minimum Gasteiger partial charge on any atom is -0.454 e. The van der Waals surface area contributed by atoms with E-state index in [4.69, 9.17) is 16.3 Å². The van der Waals surface area contributed by atoms with Gasteiger partial charge in [-0.2, -0.15) is 0 Å². The highest BCUT2D eigenvalue weighted by Gasteiger charge is 2.09. The molecule has 0 spiro atoms. The van der Waals surface area contributed by atoms with Crippen molar-refractivity contribution in [3.63, 3.8) is 0 Å². The van der Waals surface area contributed by atoms with Gasteiger partial charge >= 0.3 is 0 Å². The zero-order valence-electron chi connectivity index (χ0n) is 12.0. The summed E-state index contributed by atoms with van der Waals surface area (Å²) in [6.07, 6.45) is 1.70. The van der Waals surface area contributed by atoms with Gasteiger partial charge in [0, 0.05) is 11.7 Å². The zero-order valence-corrected chi connectivity index (χ0v) is 12.7. The lowest BCUT2D eigenvalue weighted by Crippen LogP contribution is -2.17. The number of aryl methyl sites for hydroxylation is 1. The van der Waals surface area contributed by atoms with Gasteiger partial charge in [0.25, 0.3) is 0 Å². The Morgan fingerprint density at radius 1 is 1.30 bits per heavy atom. The van der Waals surface area contributed by atoms with Crippen LogP contribution in [-0.2, 0) is 0 Å². The fraction of sp³-hybridized carbons (Fsp3) is 0.312. The van der Waals surface area contributed by atoms with E-state index in [-0.39, 0.29) is 6.04 Å². The normalized spacial score (nSPS) is 12.2. The molecule has 20 heavy (non-hydrogen) atoms.